The molecular weight excluding hydrogens is 466 g/mol. The fourth-order valence-electron chi connectivity index (χ4n) is 8.55. The molecule has 3 aliphatic carbocycles. The quantitative estimate of drug-likeness (QED) is 0.414. The van der Waals surface area contributed by atoms with Crippen molar-refractivity contribution in [3.8, 4) is 0 Å². The van der Waals surface area contributed by atoms with Gasteiger partial charge >= 0.3 is 0 Å². The van der Waals surface area contributed by atoms with Crippen LogP contribution >= 0.6 is 0 Å². The normalized spacial score (nSPS) is 41.0. The number of piperidine rings is 1. The largest absolute Gasteiger partial charge is 0.369 e. The zero-order valence-electron chi connectivity index (χ0n) is 22.5. The number of primary amides is 2. The van der Waals surface area contributed by atoms with Crippen LogP contribution < -0.4 is 22.1 Å². The second-order valence-electron chi connectivity index (χ2n) is 13.0. The first-order valence-electron chi connectivity index (χ1n) is 15.3. The van der Waals surface area contributed by atoms with E-state index in [9.17, 15) is 14.4 Å². The number of hydrogen-bond donors (Lipinski definition) is 4. The summed E-state index contributed by atoms with van der Waals surface area (Å²) in [6, 6.07) is 1.01. The van der Waals surface area contributed by atoms with E-state index in [1.807, 2.05) is 0 Å². The number of likely N-dealkylation sites (tertiary alicyclic amines) is 1. The Balaban J connectivity index is 1.24. The molecule has 7 atom stereocenters. The van der Waals surface area contributed by atoms with Gasteiger partial charge in [-0.3, -0.25) is 19.3 Å². The van der Waals surface area contributed by atoms with Crippen molar-refractivity contribution in [3.63, 3.8) is 0 Å². The van der Waals surface area contributed by atoms with Gasteiger partial charge in [0.05, 0.1) is 6.04 Å². The van der Waals surface area contributed by atoms with Crippen molar-refractivity contribution in [2.24, 2.45) is 41.1 Å². The van der Waals surface area contributed by atoms with Gasteiger partial charge in [-0.15, -0.1) is 0 Å². The molecular formula is C29H49N5O3. The van der Waals surface area contributed by atoms with Gasteiger partial charge in [0.25, 0.3) is 0 Å². The standard InChI is InChI=1S/C29H49N5O3/c30-27(35)19-9-7-18(8-10-19)17-34-25-16-22(28(31)36)12-11-21(25)15-26(34)29(37)33-23-5-3-4-20(14-23)24-6-1-2-13-32-24/h18-26,32H,1-17H2,(H2,30,35)(H2,31,36)(H,33,37). The summed E-state index contributed by atoms with van der Waals surface area (Å²) in [6.45, 7) is 2.00. The predicted octanol–water partition coefficient (Wildman–Crippen LogP) is 2.44. The highest BCUT2D eigenvalue weighted by atomic mass is 16.2. The summed E-state index contributed by atoms with van der Waals surface area (Å²) in [6.07, 6.45) is 15.6. The minimum Gasteiger partial charge on any atom is -0.369 e. The van der Waals surface area contributed by atoms with Crippen LogP contribution in [0.4, 0.5) is 0 Å². The molecule has 0 radical (unpaired) electrons. The molecule has 0 spiro atoms. The number of nitrogens with zero attached hydrogens (tertiary/aromatic N) is 1. The van der Waals surface area contributed by atoms with Crippen LogP contribution in [0.1, 0.15) is 96.3 Å². The molecule has 5 rings (SSSR count). The molecule has 2 saturated heterocycles. The van der Waals surface area contributed by atoms with Crippen molar-refractivity contribution in [3.05, 3.63) is 0 Å². The average Bonchev–Trinajstić information content (AvgIpc) is 3.27. The second kappa shape index (κ2) is 12.0. The van der Waals surface area contributed by atoms with Crippen LogP contribution in [-0.2, 0) is 14.4 Å². The summed E-state index contributed by atoms with van der Waals surface area (Å²) in [5.41, 5.74) is 11.3. The maximum atomic E-state index is 13.8. The van der Waals surface area contributed by atoms with E-state index in [4.69, 9.17) is 11.5 Å². The Morgan fingerprint density at radius 1 is 0.757 bits per heavy atom. The SMILES string of the molecule is NC(=O)C1CCC(CN2C(C(=O)NC3CCCC(C4CCCCN4)C3)CC3CCC(C(N)=O)CC32)CC1. The molecule has 0 aromatic heterocycles. The zero-order valence-corrected chi connectivity index (χ0v) is 22.5. The Hall–Kier alpha value is -1.67. The molecule has 37 heavy (non-hydrogen) atoms. The topological polar surface area (TPSA) is 131 Å². The summed E-state index contributed by atoms with van der Waals surface area (Å²) in [5.74, 6) is 1.32. The zero-order chi connectivity index (χ0) is 25.9. The lowest BCUT2D eigenvalue weighted by atomic mass is 9.77. The Kier molecular flexibility index (Phi) is 8.74. The van der Waals surface area contributed by atoms with E-state index in [0.717, 1.165) is 77.3 Å². The highest BCUT2D eigenvalue weighted by Gasteiger charge is 2.48. The van der Waals surface area contributed by atoms with Gasteiger partial charge < -0.3 is 22.1 Å². The summed E-state index contributed by atoms with van der Waals surface area (Å²) in [5, 5.41) is 7.24. The van der Waals surface area contributed by atoms with Crippen LogP contribution in [0.25, 0.3) is 0 Å². The Bertz CT molecular complexity index is 822. The molecule has 7 unspecified atom stereocenters. The Morgan fingerprint density at radius 2 is 1.51 bits per heavy atom. The van der Waals surface area contributed by atoms with Crippen LogP contribution in [-0.4, -0.2) is 59.9 Å². The molecule has 0 aromatic carbocycles. The van der Waals surface area contributed by atoms with Crippen LogP contribution in [0, 0.1) is 29.6 Å². The highest BCUT2D eigenvalue weighted by molar-refractivity contribution is 5.82. The molecule has 3 saturated carbocycles. The van der Waals surface area contributed by atoms with E-state index in [2.05, 4.69) is 15.5 Å². The maximum absolute atomic E-state index is 13.8. The second-order valence-corrected chi connectivity index (χ2v) is 13.0. The predicted molar refractivity (Wildman–Crippen MR) is 143 cm³/mol. The molecule has 3 amide bonds. The molecule has 208 valence electrons. The third-order valence-electron chi connectivity index (χ3n) is 10.7. The van der Waals surface area contributed by atoms with E-state index in [0.29, 0.717) is 23.8 Å². The molecule has 8 heteroatoms. The first kappa shape index (κ1) is 26.9. The van der Waals surface area contributed by atoms with E-state index in [-0.39, 0.29) is 47.7 Å². The third-order valence-corrected chi connectivity index (χ3v) is 10.7. The van der Waals surface area contributed by atoms with Gasteiger partial charge in [-0.05, 0) is 108 Å². The van der Waals surface area contributed by atoms with Crippen LogP contribution in [0.2, 0.25) is 0 Å². The number of rotatable bonds is 7. The van der Waals surface area contributed by atoms with Gasteiger partial charge in [-0.2, -0.15) is 0 Å². The number of hydrogen-bond acceptors (Lipinski definition) is 5. The molecule has 2 aliphatic heterocycles. The van der Waals surface area contributed by atoms with Gasteiger partial charge in [0, 0.05) is 36.5 Å². The smallest absolute Gasteiger partial charge is 0.237 e. The van der Waals surface area contributed by atoms with Gasteiger partial charge in [-0.1, -0.05) is 12.8 Å². The Labute approximate surface area is 222 Å². The lowest BCUT2D eigenvalue weighted by Crippen LogP contribution is -2.53. The fraction of sp³-hybridized carbons (Fsp3) is 0.897. The van der Waals surface area contributed by atoms with Crippen molar-refractivity contribution in [2.45, 2.75) is 120 Å². The molecule has 5 aliphatic rings. The first-order valence-corrected chi connectivity index (χ1v) is 15.3. The lowest BCUT2D eigenvalue weighted by Gasteiger charge is -2.40. The molecule has 2 heterocycles. The summed E-state index contributed by atoms with van der Waals surface area (Å²) < 4.78 is 0. The minimum absolute atomic E-state index is 0.00602. The molecule has 6 N–H and O–H groups in total. The molecule has 8 nitrogen and oxygen atoms in total. The van der Waals surface area contributed by atoms with E-state index in [1.54, 1.807) is 0 Å². The van der Waals surface area contributed by atoms with E-state index in [1.165, 1.54) is 32.1 Å². The average molecular weight is 516 g/mol. The molecule has 5 fully saturated rings. The van der Waals surface area contributed by atoms with E-state index >= 15 is 0 Å². The Morgan fingerprint density at radius 3 is 2.22 bits per heavy atom. The number of carbonyl (C=O) groups excluding carboxylic acids is 3. The van der Waals surface area contributed by atoms with Crippen LogP contribution in [0.3, 0.4) is 0 Å². The number of amides is 3. The van der Waals surface area contributed by atoms with Crippen LogP contribution in [0.15, 0.2) is 0 Å². The maximum Gasteiger partial charge on any atom is 0.237 e. The number of nitrogens with two attached hydrogens (primary N) is 2. The fourth-order valence-corrected chi connectivity index (χ4v) is 8.55. The molecule has 0 aromatic rings. The summed E-state index contributed by atoms with van der Waals surface area (Å²) in [4.78, 5) is 40.0. The van der Waals surface area contributed by atoms with Gasteiger partial charge in [0.2, 0.25) is 17.7 Å². The van der Waals surface area contributed by atoms with Gasteiger partial charge in [0.15, 0.2) is 0 Å². The van der Waals surface area contributed by atoms with Crippen molar-refractivity contribution < 1.29 is 14.4 Å². The first-order chi connectivity index (χ1) is 17.9. The van der Waals surface area contributed by atoms with Crippen molar-refractivity contribution in [1.29, 1.82) is 0 Å². The van der Waals surface area contributed by atoms with Crippen molar-refractivity contribution in [1.82, 2.24) is 15.5 Å². The summed E-state index contributed by atoms with van der Waals surface area (Å²) >= 11 is 0. The lowest BCUT2D eigenvalue weighted by molar-refractivity contribution is -0.127. The van der Waals surface area contributed by atoms with Gasteiger partial charge in [0.1, 0.15) is 0 Å². The number of fused-ring (bicyclic) bond motifs is 1. The number of carbonyl (C=O) groups is 3. The minimum atomic E-state index is -0.196. The monoisotopic (exact) mass is 515 g/mol. The van der Waals surface area contributed by atoms with Gasteiger partial charge in [-0.25, -0.2) is 0 Å². The van der Waals surface area contributed by atoms with E-state index < -0.39 is 0 Å². The van der Waals surface area contributed by atoms with Crippen molar-refractivity contribution >= 4 is 17.7 Å². The summed E-state index contributed by atoms with van der Waals surface area (Å²) in [7, 11) is 0. The number of nitrogens with one attached hydrogen (secondary N) is 2. The van der Waals surface area contributed by atoms with Crippen molar-refractivity contribution in [2.75, 3.05) is 13.1 Å². The third kappa shape index (κ3) is 6.32. The molecule has 0 bridgehead atoms. The highest BCUT2D eigenvalue weighted by Crippen LogP contribution is 2.43. The van der Waals surface area contributed by atoms with Crippen LogP contribution in [0.5, 0.6) is 0 Å².